The van der Waals surface area contributed by atoms with Crippen LogP contribution >= 0.6 is 11.3 Å². The average molecular weight is 485 g/mol. The molecule has 0 saturated heterocycles. The Bertz CT molecular complexity index is 834. The van der Waals surface area contributed by atoms with Gasteiger partial charge in [0.05, 0.1) is 13.1 Å². The van der Waals surface area contributed by atoms with Gasteiger partial charge in [0.2, 0.25) is 11.8 Å². The predicted molar refractivity (Wildman–Crippen MR) is 144 cm³/mol. The van der Waals surface area contributed by atoms with Crippen LogP contribution < -0.4 is 0 Å². The first-order valence-corrected chi connectivity index (χ1v) is 14.1. The highest BCUT2D eigenvalue weighted by molar-refractivity contribution is 7.10. The molecule has 0 fully saturated rings. The molecule has 1 aromatic carbocycles. The van der Waals surface area contributed by atoms with Gasteiger partial charge in [0.25, 0.3) is 0 Å². The predicted octanol–water partition coefficient (Wildman–Crippen LogP) is 7.35. The zero-order valence-corrected chi connectivity index (χ0v) is 22.4. The summed E-state index contributed by atoms with van der Waals surface area (Å²) in [6.07, 6.45) is 10.8. The Kier molecular flexibility index (Phi) is 13.6. The van der Waals surface area contributed by atoms with Crippen LogP contribution in [-0.4, -0.2) is 34.7 Å². The number of thiophene rings is 1. The fourth-order valence-corrected chi connectivity index (χ4v) is 4.99. The third-order valence-electron chi connectivity index (χ3n) is 6.33. The molecule has 0 aliphatic carbocycles. The minimum absolute atomic E-state index is 0.0284. The molecule has 0 N–H and O–H groups in total. The second-order valence-corrected chi connectivity index (χ2v) is 10.3. The van der Waals surface area contributed by atoms with Gasteiger partial charge in [-0.2, -0.15) is 0 Å². The van der Waals surface area contributed by atoms with E-state index in [1.165, 1.54) is 42.5 Å². The summed E-state index contributed by atoms with van der Waals surface area (Å²) in [4.78, 5) is 31.4. The molecule has 2 aromatic rings. The van der Waals surface area contributed by atoms with Crippen molar-refractivity contribution in [3.63, 3.8) is 0 Å². The molecule has 34 heavy (non-hydrogen) atoms. The van der Waals surface area contributed by atoms with Crippen LogP contribution in [0, 0.1) is 6.92 Å². The molecule has 188 valence electrons. The molecule has 0 aliphatic heterocycles. The van der Waals surface area contributed by atoms with E-state index >= 15 is 0 Å². The molecule has 0 spiro atoms. The third kappa shape index (κ3) is 10.4. The summed E-state index contributed by atoms with van der Waals surface area (Å²) in [5.74, 6) is 0.156. The van der Waals surface area contributed by atoms with Gasteiger partial charge in [-0.25, -0.2) is 0 Å². The second kappa shape index (κ2) is 16.5. The lowest BCUT2D eigenvalue weighted by Crippen LogP contribution is -2.42. The summed E-state index contributed by atoms with van der Waals surface area (Å²) in [5.41, 5.74) is 2.33. The molecule has 0 radical (unpaired) electrons. The van der Waals surface area contributed by atoms with Crippen molar-refractivity contribution in [3.05, 3.63) is 57.8 Å². The van der Waals surface area contributed by atoms with E-state index in [0.29, 0.717) is 26.1 Å². The number of benzene rings is 1. The number of carbonyl (C=O) groups excluding carboxylic acids is 2. The quantitative estimate of drug-likeness (QED) is 0.220. The van der Waals surface area contributed by atoms with Crippen molar-refractivity contribution >= 4 is 23.2 Å². The van der Waals surface area contributed by atoms with Crippen molar-refractivity contribution in [2.75, 3.05) is 13.1 Å². The Balaban J connectivity index is 1.98. The second-order valence-electron chi connectivity index (χ2n) is 9.30. The third-order valence-corrected chi connectivity index (χ3v) is 7.33. The fourth-order valence-electron chi connectivity index (χ4n) is 4.07. The smallest absolute Gasteiger partial charge is 0.242 e. The lowest BCUT2D eigenvalue weighted by Gasteiger charge is -2.28. The maximum atomic E-state index is 13.5. The molecule has 0 saturated carbocycles. The molecule has 5 heteroatoms. The standard InChI is InChI=1S/C29H44N2O2S/c1-4-6-8-9-10-11-15-18-28(32)30(20-7-5-2)24-29(33)31(22-26-16-13-12-14-17-26)23-27-25(3)19-21-34-27/h12-14,16-17,19,21H,4-11,15,18,20,22-24H2,1-3H3. The summed E-state index contributed by atoms with van der Waals surface area (Å²) >= 11 is 1.69. The molecule has 4 nitrogen and oxygen atoms in total. The van der Waals surface area contributed by atoms with Gasteiger partial charge in [0.1, 0.15) is 0 Å². The van der Waals surface area contributed by atoms with E-state index in [2.05, 4.69) is 44.4 Å². The molecule has 0 aliphatic rings. The number of carbonyl (C=O) groups is 2. The van der Waals surface area contributed by atoms with Gasteiger partial charge in [-0.3, -0.25) is 9.59 Å². The minimum Gasteiger partial charge on any atom is -0.333 e. The highest BCUT2D eigenvalue weighted by atomic mass is 32.1. The van der Waals surface area contributed by atoms with Crippen LogP contribution in [-0.2, 0) is 22.7 Å². The number of amides is 2. The molecule has 1 aromatic heterocycles. The monoisotopic (exact) mass is 484 g/mol. The zero-order chi connectivity index (χ0) is 24.6. The first-order chi connectivity index (χ1) is 16.5. The van der Waals surface area contributed by atoms with Gasteiger partial charge in [0.15, 0.2) is 0 Å². The van der Waals surface area contributed by atoms with Gasteiger partial charge < -0.3 is 9.80 Å². The molecular formula is C29H44N2O2S. The molecule has 0 unspecified atom stereocenters. The van der Waals surface area contributed by atoms with E-state index < -0.39 is 0 Å². The number of rotatable bonds is 17. The maximum absolute atomic E-state index is 13.5. The molecule has 1 heterocycles. The molecule has 2 rings (SSSR count). The van der Waals surface area contributed by atoms with E-state index in [4.69, 9.17) is 0 Å². The van der Waals surface area contributed by atoms with Crippen molar-refractivity contribution in [3.8, 4) is 0 Å². The van der Waals surface area contributed by atoms with Crippen LogP contribution in [0.25, 0.3) is 0 Å². The van der Waals surface area contributed by atoms with Gasteiger partial charge in [-0.1, -0.05) is 89.1 Å². The Morgan fingerprint density at radius 1 is 0.765 bits per heavy atom. The van der Waals surface area contributed by atoms with Crippen molar-refractivity contribution in [1.82, 2.24) is 9.80 Å². The molecule has 0 bridgehead atoms. The Morgan fingerprint density at radius 2 is 1.44 bits per heavy atom. The van der Waals surface area contributed by atoms with Crippen molar-refractivity contribution < 1.29 is 9.59 Å². The first kappa shape index (κ1) is 28.1. The van der Waals surface area contributed by atoms with Crippen molar-refractivity contribution in [2.24, 2.45) is 0 Å². The lowest BCUT2D eigenvalue weighted by molar-refractivity contribution is -0.141. The van der Waals surface area contributed by atoms with Crippen LogP contribution in [0.4, 0.5) is 0 Å². The average Bonchev–Trinajstić information content (AvgIpc) is 3.25. The number of hydrogen-bond acceptors (Lipinski definition) is 3. The fraction of sp³-hybridized carbons (Fsp3) is 0.586. The summed E-state index contributed by atoms with van der Waals surface area (Å²) in [7, 11) is 0. The van der Waals surface area contributed by atoms with E-state index in [0.717, 1.165) is 31.2 Å². The summed E-state index contributed by atoms with van der Waals surface area (Å²) in [6.45, 7) is 8.43. The summed E-state index contributed by atoms with van der Waals surface area (Å²) < 4.78 is 0. The van der Waals surface area contributed by atoms with Crippen LogP contribution in [0.1, 0.15) is 94.1 Å². The van der Waals surface area contributed by atoms with Gasteiger partial charge in [-0.05, 0) is 42.3 Å². The Labute approximate surface area is 211 Å². The maximum Gasteiger partial charge on any atom is 0.242 e. The Morgan fingerprint density at radius 3 is 2.09 bits per heavy atom. The topological polar surface area (TPSA) is 40.6 Å². The molecular weight excluding hydrogens is 440 g/mol. The Hall–Kier alpha value is -2.14. The van der Waals surface area contributed by atoms with Gasteiger partial charge in [-0.15, -0.1) is 11.3 Å². The largest absolute Gasteiger partial charge is 0.333 e. The number of hydrogen-bond donors (Lipinski definition) is 0. The first-order valence-electron chi connectivity index (χ1n) is 13.2. The summed E-state index contributed by atoms with van der Waals surface area (Å²) in [6, 6.07) is 12.2. The highest BCUT2D eigenvalue weighted by Crippen LogP contribution is 2.20. The van der Waals surface area contributed by atoms with Crippen molar-refractivity contribution in [2.45, 2.75) is 98.1 Å². The van der Waals surface area contributed by atoms with Gasteiger partial charge in [0, 0.05) is 24.4 Å². The lowest BCUT2D eigenvalue weighted by atomic mass is 10.1. The number of aryl methyl sites for hydroxylation is 1. The van der Waals surface area contributed by atoms with E-state index in [9.17, 15) is 9.59 Å². The normalized spacial score (nSPS) is 10.9. The van der Waals surface area contributed by atoms with E-state index in [1.807, 2.05) is 28.0 Å². The van der Waals surface area contributed by atoms with Crippen molar-refractivity contribution in [1.29, 1.82) is 0 Å². The minimum atomic E-state index is 0.0284. The van der Waals surface area contributed by atoms with Gasteiger partial charge >= 0.3 is 0 Å². The molecule has 0 atom stereocenters. The highest BCUT2D eigenvalue weighted by Gasteiger charge is 2.22. The SMILES string of the molecule is CCCCCCCCCC(=O)N(CCCC)CC(=O)N(Cc1ccccc1)Cc1sccc1C. The zero-order valence-electron chi connectivity index (χ0n) is 21.6. The van der Waals surface area contributed by atoms with Crippen LogP contribution in [0.2, 0.25) is 0 Å². The van der Waals surface area contributed by atoms with E-state index in [-0.39, 0.29) is 18.4 Å². The number of nitrogens with zero attached hydrogens (tertiary/aromatic N) is 2. The number of unbranched alkanes of at least 4 members (excludes halogenated alkanes) is 7. The van der Waals surface area contributed by atoms with Crippen LogP contribution in [0.15, 0.2) is 41.8 Å². The summed E-state index contributed by atoms with van der Waals surface area (Å²) in [5, 5.41) is 2.08. The molecule has 2 amide bonds. The van der Waals surface area contributed by atoms with E-state index in [1.54, 1.807) is 11.3 Å². The van der Waals surface area contributed by atoms with Crippen LogP contribution in [0.3, 0.4) is 0 Å². The van der Waals surface area contributed by atoms with Crippen LogP contribution in [0.5, 0.6) is 0 Å².